The summed E-state index contributed by atoms with van der Waals surface area (Å²) < 4.78 is 11.1. The van der Waals surface area contributed by atoms with Gasteiger partial charge in [-0.25, -0.2) is 4.79 Å². The van der Waals surface area contributed by atoms with E-state index in [-0.39, 0.29) is 23.4 Å². The number of fused-ring (bicyclic) bond motifs is 2. The Morgan fingerprint density at radius 2 is 1.76 bits per heavy atom. The largest absolute Gasteiger partial charge is 0.502 e. The second-order valence-electron chi connectivity index (χ2n) is 11.2. The fourth-order valence-corrected chi connectivity index (χ4v) is 6.61. The van der Waals surface area contributed by atoms with E-state index in [2.05, 4.69) is 80.5 Å². The van der Waals surface area contributed by atoms with Gasteiger partial charge in [0.05, 0.1) is 25.5 Å². The molecule has 3 aliphatic heterocycles. The molecule has 6 nitrogen and oxygen atoms in total. The minimum atomic E-state index is -0.291. The monoisotopic (exact) mass is 519 g/mol. The zero-order valence-corrected chi connectivity index (χ0v) is 24.3. The summed E-state index contributed by atoms with van der Waals surface area (Å²) in [6.07, 6.45) is 8.43. The fraction of sp³-hybridized carbons (Fsp3) is 0.531. The lowest BCUT2D eigenvalue weighted by atomic mass is 9.80. The molecule has 0 N–H and O–H groups in total. The number of ether oxygens (including phenoxy) is 2. The predicted octanol–water partition coefficient (Wildman–Crippen LogP) is 6.18. The number of carbonyl (C=O) groups excluding carboxylic acids is 1. The molecule has 0 aliphatic carbocycles. The standard InChI is InChI=1S/C32H45N3O3/c1-9-35-31(36)34-21-28(18-25(5)37-7)19-29(26(6)38-8)24(4)17-30(34)32(35)10-12-33(13-11-32)20-27-15-22(2)14-23(3)16-27/h14-19,24,28H,6,9-13,20-21H2,1-5,7-8H3/b25-18+,29-19?,30-17-. The number of likely N-dealkylation sites (N-methyl/N-ethyl adjacent to an activating group) is 1. The molecule has 1 aromatic carbocycles. The van der Waals surface area contributed by atoms with Crippen molar-refractivity contribution < 1.29 is 14.3 Å². The third-order valence-corrected chi connectivity index (χ3v) is 8.46. The summed E-state index contributed by atoms with van der Waals surface area (Å²) in [6, 6.07) is 6.93. The SMILES string of the molecule is C=C(OC)C1=CC(/C=C(\C)OC)CN2C(=O)N(CC)C3(CCN(Cc4cc(C)cc(C)c4)CC3)/C2=C/C1C. The molecule has 38 heavy (non-hydrogen) atoms. The maximum Gasteiger partial charge on any atom is 0.325 e. The van der Waals surface area contributed by atoms with E-state index in [9.17, 15) is 4.79 Å². The Bertz CT molecular complexity index is 1140. The first kappa shape index (κ1) is 28.0. The van der Waals surface area contributed by atoms with Crippen molar-refractivity contribution in [3.8, 4) is 0 Å². The quantitative estimate of drug-likeness (QED) is 0.404. The number of likely N-dealkylation sites (tertiary alicyclic amines) is 1. The van der Waals surface area contributed by atoms with E-state index >= 15 is 0 Å². The summed E-state index contributed by atoms with van der Waals surface area (Å²) in [4.78, 5) is 20.6. The molecule has 0 saturated carbocycles. The lowest BCUT2D eigenvalue weighted by Crippen LogP contribution is -2.53. The van der Waals surface area contributed by atoms with Gasteiger partial charge in [-0.05, 0) is 57.7 Å². The first-order valence-electron chi connectivity index (χ1n) is 13.9. The highest BCUT2D eigenvalue weighted by Gasteiger charge is 2.54. The van der Waals surface area contributed by atoms with Crippen LogP contribution in [0.15, 0.2) is 65.8 Å². The molecule has 4 rings (SSSR count). The van der Waals surface area contributed by atoms with Crippen molar-refractivity contribution in [2.45, 2.75) is 59.5 Å². The molecule has 3 aliphatic rings. The van der Waals surface area contributed by atoms with E-state index in [1.54, 1.807) is 14.2 Å². The van der Waals surface area contributed by atoms with Crippen molar-refractivity contribution in [3.63, 3.8) is 0 Å². The lowest BCUT2D eigenvalue weighted by molar-refractivity contribution is 0.0887. The van der Waals surface area contributed by atoms with Crippen LogP contribution in [-0.2, 0) is 16.0 Å². The molecule has 206 valence electrons. The Hall–Kier alpha value is -2.99. The molecule has 0 radical (unpaired) electrons. The highest BCUT2D eigenvalue weighted by molar-refractivity contribution is 5.82. The number of carbonyl (C=O) groups is 1. The predicted molar refractivity (Wildman–Crippen MR) is 153 cm³/mol. The summed E-state index contributed by atoms with van der Waals surface area (Å²) >= 11 is 0. The summed E-state index contributed by atoms with van der Waals surface area (Å²) in [7, 11) is 3.35. The summed E-state index contributed by atoms with van der Waals surface area (Å²) in [5.74, 6) is 1.56. The normalized spacial score (nSPS) is 25.3. The van der Waals surface area contributed by atoms with Crippen LogP contribution in [0.1, 0.15) is 50.3 Å². The van der Waals surface area contributed by atoms with Gasteiger partial charge in [0.2, 0.25) is 0 Å². The highest BCUT2D eigenvalue weighted by atomic mass is 16.5. The van der Waals surface area contributed by atoms with Crippen LogP contribution in [0.25, 0.3) is 0 Å². The van der Waals surface area contributed by atoms with Crippen LogP contribution in [0.2, 0.25) is 0 Å². The minimum Gasteiger partial charge on any atom is -0.502 e. The van der Waals surface area contributed by atoms with E-state index in [1.807, 2.05) is 11.8 Å². The van der Waals surface area contributed by atoms with Gasteiger partial charge >= 0.3 is 6.03 Å². The molecule has 2 atom stereocenters. The molecule has 2 saturated heterocycles. The summed E-state index contributed by atoms with van der Waals surface area (Å²) in [5.41, 5.74) is 5.90. The number of allylic oxidation sites excluding steroid dienone is 3. The van der Waals surface area contributed by atoms with E-state index in [4.69, 9.17) is 9.47 Å². The Balaban J connectivity index is 1.67. The van der Waals surface area contributed by atoms with Crippen LogP contribution >= 0.6 is 0 Å². The van der Waals surface area contributed by atoms with Gasteiger partial charge in [0.15, 0.2) is 0 Å². The third-order valence-electron chi connectivity index (χ3n) is 8.46. The topological polar surface area (TPSA) is 45.3 Å². The van der Waals surface area contributed by atoms with Crippen molar-refractivity contribution >= 4 is 6.03 Å². The summed E-state index contributed by atoms with van der Waals surface area (Å²) in [5, 5.41) is 0. The fourth-order valence-electron chi connectivity index (χ4n) is 6.61. The zero-order valence-electron chi connectivity index (χ0n) is 24.3. The number of rotatable bonds is 7. The van der Waals surface area contributed by atoms with Gasteiger partial charge in [-0.15, -0.1) is 0 Å². The smallest absolute Gasteiger partial charge is 0.325 e. The van der Waals surface area contributed by atoms with E-state index < -0.39 is 0 Å². The van der Waals surface area contributed by atoms with Crippen molar-refractivity contribution in [1.82, 2.24) is 14.7 Å². The Kier molecular flexibility index (Phi) is 8.41. The number of urea groups is 1. The van der Waals surface area contributed by atoms with Crippen LogP contribution < -0.4 is 0 Å². The maximum absolute atomic E-state index is 13.9. The second kappa shape index (κ2) is 11.4. The van der Waals surface area contributed by atoms with E-state index in [0.717, 1.165) is 49.5 Å². The van der Waals surface area contributed by atoms with Gasteiger partial charge < -0.3 is 14.4 Å². The highest BCUT2D eigenvalue weighted by Crippen LogP contribution is 2.46. The van der Waals surface area contributed by atoms with E-state index in [0.29, 0.717) is 18.8 Å². The Labute approximate surface area is 229 Å². The van der Waals surface area contributed by atoms with Gasteiger partial charge in [0.25, 0.3) is 0 Å². The van der Waals surface area contributed by atoms with Crippen LogP contribution in [0.4, 0.5) is 4.79 Å². The first-order chi connectivity index (χ1) is 18.1. The average molecular weight is 520 g/mol. The van der Waals surface area contributed by atoms with Crippen LogP contribution in [0.3, 0.4) is 0 Å². The van der Waals surface area contributed by atoms with Crippen LogP contribution in [0, 0.1) is 25.7 Å². The molecule has 3 heterocycles. The molecule has 2 fully saturated rings. The van der Waals surface area contributed by atoms with Gasteiger partial charge in [-0.1, -0.05) is 55.0 Å². The molecule has 0 bridgehead atoms. The van der Waals surface area contributed by atoms with E-state index in [1.165, 1.54) is 16.7 Å². The molecular formula is C32H45N3O3. The number of amides is 2. The average Bonchev–Trinajstić information content (AvgIpc) is 3.07. The molecule has 6 heteroatoms. The Morgan fingerprint density at radius 3 is 2.34 bits per heavy atom. The first-order valence-corrected chi connectivity index (χ1v) is 13.9. The number of benzene rings is 1. The number of hydrogen-bond donors (Lipinski definition) is 0. The number of hydrogen-bond acceptors (Lipinski definition) is 4. The lowest BCUT2D eigenvalue weighted by Gasteiger charge is -2.45. The van der Waals surface area contributed by atoms with Gasteiger partial charge in [-0.3, -0.25) is 9.80 Å². The van der Waals surface area contributed by atoms with Crippen molar-refractivity contribution in [3.05, 3.63) is 82.5 Å². The zero-order chi connectivity index (χ0) is 27.6. The number of methoxy groups -OCH3 is 2. The number of nitrogens with zero attached hydrogens (tertiary/aromatic N) is 3. The molecule has 0 aromatic heterocycles. The molecule has 2 unspecified atom stereocenters. The molecule has 1 spiro atoms. The maximum atomic E-state index is 13.9. The Morgan fingerprint density at radius 1 is 1.11 bits per heavy atom. The molecule has 2 amide bonds. The minimum absolute atomic E-state index is 0.00884. The van der Waals surface area contributed by atoms with Crippen molar-refractivity contribution in [1.29, 1.82) is 0 Å². The van der Waals surface area contributed by atoms with Crippen LogP contribution in [-0.4, -0.2) is 66.7 Å². The van der Waals surface area contributed by atoms with Crippen molar-refractivity contribution in [2.75, 3.05) is 40.4 Å². The molecule has 1 aromatic rings. The van der Waals surface area contributed by atoms with Crippen molar-refractivity contribution in [2.24, 2.45) is 11.8 Å². The second-order valence-corrected chi connectivity index (χ2v) is 11.2. The van der Waals surface area contributed by atoms with Gasteiger partial charge in [0.1, 0.15) is 5.76 Å². The number of piperidine rings is 1. The summed E-state index contributed by atoms with van der Waals surface area (Å²) in [6.45, 7) is 18.9. The van der Waals surface area contributed by atoms with Crippen LogP contribution in [0.5, 0.6) is 0 Å². The number of aryl methyl sites for hydroxylation is 2. The van der Waals surface area contributed by atoms with Gasteiger partial charge in [0, 0.05) is 50.3 Å². The third kappa shape index (κ3) is 5.42. The van der Waals surface area contributed by atoms with Gasteiger partial charge in [-0.2, -0.15) is 0 Å². The molecular weight excluding hydrogens is 474 g/mol.